The highest BCUT2D eigenvalue weighted by Gasteiger charge is 2.19. The summed E-state index contributed by atoms with van der Waals surface area (Å²) in [6.07, 6.45) is 4.99. The van der Waals surface area contributed by atoms with Crippen LogP contribution in [0.1, 0.15) is 36.0 Å². The lowest BCUT2D eigenvalue weighted by Gasteiger charge is -2.28. The molecule has 0 N–H and O–H groups in total. The van der Waals surface area contributed by atoms with Gasteiger partial charge in [0.2, 0.25) is 0 Å². The van der Waals surface area contributed by atoms with Crippen molar-refractivity contribution in [2.45, 2.75) is 39.3 Å². The van der Waals surface area contributed by atoms with Crippen LogP contribution in [0.3, 0.4) is 0 Å². The first kappa shape index (κ1) is 15.7. The zero-order chi connectivity index (χ0) is 15.5. The van der Waals surface area contributed by atoms with Crippen LogP contribution in [-0.2, 0) is 25.9 Å². The molecule has 0 radical (unpaired) electrons. The number of hydrogen-bond donors (Lipinski definition) is 0. The standard InChI is InChI=1S/C17H19Cl2N3/c1-2-4-16-20-9-13-11-22(8-7-15(13)21-16)10-12-5-3-6-14(18)17(12)19/h3,5-6,9H,2,4,7-8,10-11H2,1H3. The van der Waals surface area contributed by atoms with Gasteiger partial charge in [-0.2, -0.15) is 0 Å². The Morgan fingerprint density at radius 2 is 2.14 bits per heavy atom. The molecule has 0 spiro atoms. The van der Waals surface area contributed by atoms with E-state index >= 15 is 0 Å². The van der Waals surface area contributed by atoms with Crippen molar-refractivity contribution in [3.8, 4) is 0 Å². The molecule has 1 aliphatic heterocycles. The summed E-state index contributed by atoms with van der Waals surface area (Å²) in [5, 5.41) is 1.27. The minimum absolute atomic E-state index is 0.615. The predicted octanol–water partition coefficient (Wildman–Crippen LogP) is 4.29. The molecule has 0 aliphatic carbocycles. The Balaban J connectivity index is 1.73. The average Bonchev–Trinajstić information content (AvgIpc) is 2.52. The van der Waals surface area contributed by atoms with E-state index in [0.29, 0.717) is 10.0 Å². The highest BCUT2D eigenvalue weighted by atomic mass is 35.5. The van der Waals surface area contributed by atoms with E-state index in [0.717, 1.165) is 50.3 Å². The summed E-state index contributed by atoms with van der Waals surface area (Å²) < 4.78 is 0. The number of halogens is 2. The number of hydrogen-bond acceptors (Lipinski definition) is 3. The highest BCUT2D eigenvalue weighted by Crippen LogP contribution is 2.28. The maximum Gasteiger partial charge on any atom is 0.128 e. The minimum Gasteiger partial charge on any atom is -0.294 e. The topological polar surface area (TPSA) is 29.0 Å². The molecule has 116 valence electrons. The van der Waals surface area contributed by atoms with Crippen molar-refractivity contribution >= 4 is 23.2 Å². The van der Waals surface area contributed by atoms with E-state index in [4.69, 9.17) is 28.2 Å². The van der Waals surface area contributed by atoms with Gasteiger partial charge in [-0.05, 0) is 18.1 Å². The van der Waals surface area contributed by atoms with E-state index in [9.17, 15) is 0 Å². The van der Waals surface area contributed by atoms with Crippen LogP contribution in [0.15, 0.2) is 24.4 Å². The fourth-order valence-corrected chi connectivity index (χ4v) is 3.19. The number of aromatic nitrogens is 2. The van der Waals surface area contributed by atoms with Crippen LogP contribution in [-0.4, -0.2) is 21.4 Å². The molecule has 0 saturated carbocycles. The monoisotopic (exact) mass is 335 g/mol. The molecule has 3 rings (SSSR count). The lowest BCUT2D eigenvalue weighted by atomic mass is 10.1. The maximum atomic E-state index is 6.28. The van der Waals surface area contributed by atoms with Gasteiger partial charge in [0.05, 0.1) is 10.0 Å². The van der Waals surface area contributed by atoms with Gasteiger partial charge in [0, 0.05) is 49.9 Å². The zero-order valence-electron chi connectivity index (χ0n) is 12.6. The Morgan fingerprint density at radius 3 is 2.95 bits per heavy atom. The van der Waals surface area contributed by atoms with Gasteiger partial charge in [0.25, 0.3) is 0 Å². The summed E-state index contributed by atoms with van der Waals surface area (Å²) >= 11 is 12.4. The van der Waals surface area contributed by atoms with Crippen molar-refractivity contribution < 1.29 is 0 Å². The lowest BCUT2D eigenvalue weighted by Crippen LogP contribution is -2.31. The molecule has 1 aliphatic rings. The average molecular weight is 336 g/mol. The second kappa shape index (κ2) is 6.95. The van der Waals surface area contributed by atoms with Gasteiger partial charge in [-0.15, -0.1) is 0 Å². The number of aryl methyl sites for hydroxylation is 1. The van der Waals surface area contributed by atoms with Crippen LogP contribution in [0, 0.1) is 0 Å². The number of fused-ring (bicyclic) bond motifs is 1. The first-order valence-electron chi connectivity index (χ1n) is 7.66. The van der Waals surface area contributed by atoms with Crippen LogP contribution in [0.25, 0.3) is 0 Å². The van der Waals surface area contributed by atoms with Crippen molar-refractivity contribution in [1.82, 2.24) is 14.9 Å². The summed E-state index contributed by atoms with van der Waals surface area (Å²) in [6, 6.07) is 5.80. The van der Waals surface area contributed by atoms with E-state index in [2.05, 4.69) is 16.8 Å². The molecule has 22 heavy (non-hydrogen) atoms. The molecule has 0 bridgehead atoms. The first-order valence-corrected chi connectivity index (χ1v) is 8.42. The highest BCUT2D eigenvalue weighted by molar-refractivity contribution is 6.42. The van der Waals surface area contributed by atoms with E-state index < -0.39 is 0 Å². The van der Waals surface area contributed by atoms with Gasteiger partial charge in [0.15, 0.2) is 0 Å². The molecule has 1 aromatic carbocycles. The minimum atomic E-state index is 0.615. The molecule has 0 amide bonds. The number of nitrogens with zero attached hydrogens (tertiary/aromatic N) is 3. The molecule has 0 saturated heterocycles. The summed E-state index contributed by atoms with van der Waals surface area (Å²) in [5.41, 5.74) is 3.50. The molecule has 2 aromatic rings. The maximum absolute atomic E-state index is 6.28. The fraction of sp³-hybridized carbons (Fsp3) is 0.412. The number of rotatable bonds is 4. The Kier molecular flexibility index (Phi) is 4.97. The largest absolute Gasteiger partial charge is 0.294 e. The van der Waals surface area contributed by atoms with Gasteiger partial charge < -0.3 is 0 Å². The second-order valence-corrected chi connectivity index (χ2v) is 6.47. The second-order valence-electron chi connectivity index (χ2n) is 5.68. The zero-order valence-corrected chi connectivity index (χ0v) is 14.2. The van der Waals surface area contributed by atoms with Crippen molar-refractivity contribution in [2.24, 2.45) is 0 Å². The van der Waals surface area contributed by atoms with Crippen LogP contribution >= 0.6 is 23.2 Å². The summed E-state index contributed by atoms with van der Waals surface area (Å²) in [4.78, 5) is 11.5. The quantitative estimate of drug-likeness (QED) is 0.834. The Labute approximate surface area is 141 Å². The Hall–Kier alpha value is -1.16. The molecule has 0 unspecified atom stereocenters. The van der Waals surface area contributed by atoms with Gasteiger partial charge >= 0.3 is 0 Å². The SMILES string of the molecule is CCCc1ncc2c(n1)CCN(Cc1cccc(Cl)c1Cl)C2. The van der Waals surface area contributed by atoms with Crippen molar-refractivity contribution in [1.29, 1.82) is 0 Å². The third-order valence-corrected chi connectivity index (χ3v) is 4.82. The van der Waals surface area contributed by atoms with E-state index in [1.807, 2.05) is 24.4 Å². The normalized spacial score (nSPS) is 14.9. The van der Waals surface area contributed by atoms with Crippen LogP contribution < -0.4 is 0 Å². The van der Waals surface area contributed by atoms with Crippen LogP contribution in [0.2, 0.25) is 10.0 Å². The molecule has 3 nitrogen and oxygen atoms in total. The van der Waals surface area contributed by atoms with Crippen LogP contribution in [0.4, 0.5) is 0 Å². The van der Waals surface area contributed by atoms with Gasteiger partial charge in [0.1, 0.15) is 5.82 Å². The van der Waals surface area contributed by atoms with Gasteiger partial charge in [-0.1, -0.05) is 42.3 Å². The predicted molar refractivity (Wildman–Crippen MR) is 90.3 cm³/mol. The summed E-state index contributed by atoms with van der Waals surface area (Å²) in [6.45, 7) is 4.80. The fourth-order valence-electron chi connectivity index (χ4n) is 2.81. The van der Waals surface area contributed by atoms with Gasteiger partial charge in [-0.25, -0.2) is 9.97 Å². The van der Waals surface area contributed by atoms with Crippen molar-refractivity contribution in [3.63, 3.8) is 0 Å². The molecule has 1 aromatic heterocycles. The molecule has 5 heteroatoms. The first-order chi connectivity index (χ1) is 10.7. The van der Waals surface area contributed by atoms with Crippen molar-refractivity contribution in [2.75, 3.05) is 6.54 Å². The lowest BCUT2D eigenvalue weighted by molar-refractivity contribution is 0.242. The third kappa shape index (κ3) is 3.43. The number of benzene rings is 1. The van der Waals surface area contributed by atoms with E-state index in [1.54, 1.807) is 0 Å². The summed E-state index contributed by atoms with van der Waals surface area (Å²) in [7, 11) is 0. The summed E-state index contributed by atoms with van der Waals surface area (Å²) in [5.74, 6) is 0.965. The molecule has 0 atom stereocenters. The Morgan fingerprint density at radius 1 is 1.27 bits per heavy atom. The molecular weight excluding hydrogens is 317 g/mol. The molecule has 0 fully saturated rings. The smallest absolute Gasteiger partial charge is 0.128 e. The van der Waals surface area contributed by atoms with Gasteiger partial charge in [-0.3, -0.25) is 4.90 Å². The van der Waals surface area contributed by atoms with E-state index in [-0.39, 0.29) is 0 Å². The van der Waals surface area contributed by atoms with Crippen LogP contribution in [0.5, 0.6) is 0 Å². The molecule has 2 heterocycles. The van der Waals surface area contributed by atoms with E-state index in [1.165, 1.54) is 11.3 Å². The third-order valence-electron chi connectivity index (χ3n) is 3.96. The molecular formula is C17H19Cl2N3. The Bertz CT molecular complexity index is 673. The van der Waals surface area contributed by atoms with Crippen molar-refractivity contribution in [3.05, 3.63) is 57.1 Å².